The predicted molar refractivity (Wildman–Crippen MR) is 69.8 cm³/mol. The zero-order valence-electron chi connectivity index (χ0n) is 10.2. The van der Waals surface area contributed by atoms with Crippen molar-refractivity contribution in [2.24, 2.45) is 0 Å². The average Bonchev–Trinajstić information content (AvgIpc) is 2.18. The highest BCUT2D eigenvalue weighted by molar-refractivity contribution is 6.30. The summed E-state index contributed by atoms with van der Waals surface area (Å²) in [5, 5.41) is 0.679. The molecule has 0 aromatic heterocycles. The fourth-order valence-corrected chi connectivity index (χ4v) is 1.22. The highest BCUT2D eigenvalue weighted by Crippen LogP contribution is 2.10. The summed E-state index contributed by atoms with van der Waals surface area (Å²) in [6, 6.07) is 7.25. The van der Waals surface area contributed by atoms with Crippen molar-refractivity contribution in [3.8, 4) is 0 Å². The SMILES string of the molecule is CC(C)(C)OC(=O)C=C=Cc1ccc(Cl)cc1. The van der Waals surface area contributed by atoms with Gasteiger partial charge in [-0.3, -0.25) is 0 Å². The van der Waals surface area contributed by atoms with Crippen LogP contribution in [0, 0.1) is 0 Å². The van der Waals surface area contributed by atoms with E-state index in [9.17, 15) is 4.79 Å². The molecular formula is C14H15ClO2. The molecule has 0 N–H and O–H groups in total. The Balaban J connectivity index is 2.65. The monoisotopic (exact) mass is 250 g/mol. The van der Waals surface area contributed by atoms with E-state index in [1.807, 2.05) is 32.9 Å². The van der Waals surface area contributed by atoms with Crippen LogP contribution in [0.1, 0.15) is 26.3 Å². The van der Waals surface area contributed by atoms with Gasteiger partial charge >= 0.3 is 5.97 Å². The van der Waals surface area contributed by atoms with Crippen LogP contribution in [0.15, 0.2) is 36.1 Å². The van der Waals surface area contributed by atoms with Gasteiger partial charge in [0.1, 0.15) is 5.60 Å². The molecule has 1 aromatic carbocycles. The van der Waals surface area contributed by atoms with E-state index in [2.05, 4.69) is 5.73 Å². The van der Waals surface area contributed by atoms with Crippen molar-refractivity contribution in [1.82, 2.24) is 0 Å². The summed E-state index contributed by atoms with van der Waals surface area (Å²) in [5.41, 5.74) is 3.22. The summed E-state index contributed by atoms with van der Waals surface area (Å²) in [7, 11) is 0. The minimum Gasteiger partial charge on any atom is -0.456 e. The molecule has 3 heteroatoms. The number of halogens is 1. The molecule has 1 aromatic rings. The Bertz CT molecular complexity index is 446. The second-order valence-corrected chi connectivity index (χ2v) is 4.98. The molecule has 0 amide bonds. The standard InChI is InChI=1S/C14H15ClO2/c1-14(2,3)17-13(16)6-4-5-11-7-9-12(15)10-8-11/h5-10H,1-3H3. The molecule has 0 radical (unpaired) electrons. The van der Waals surface area contributed by atoms with Crippen molar-refractivity contribution in [3.63, 3.8) is 0 Å². The predicted octanol–water partition coefficient (Wildman–Crippen LogP) is 3.85. The second-order valence-electron chi connectivity index (χ2n) is 4.54. The largest absolute Gasteiger partial charge is 0.456 e. The van der Waals surface area contributed by atoms with Gasteiger partial charge in [0.15, 0.2) is 0 Å². The fraction of sp³-hybridized carbons (Fsp3) is 0.286. The molecule has 1 rings (SSSR count). The van der Waals surface area contributed by atoms with E-state index in [-0.39, 0.29) is 0 Å². The molecule has 0 atom stereocenters. The summed E-state index contributed by atoms with van der Waals surface area (Å²) in [4.78, 5) is 11.3. The summed E-state index contributed by atoms with van der Waals surface area (Å²) < 4.78 is 5.10. The zero-order valence-corrected chi connectivity index (χ0v) is 10.9. The van der Waals surface area contributed by atoms with Gasteiger partial charge in [-0.15, -0.1) is 5.73 Å². The summed E-state index contributed by atoms with van der Waals surface area (Å²) in [5.74, 6) is -0.400. The van der Waals surface area contributed by atoms with Gasteiger partial charge in [0.25, 0.3) is 0 Å². The van der Waals surface area contributed by atoms with Crippen molar-refractivity contribution in [1.29, 1.82) is 0 Å². The lowest BCUT2D eigenvalue weighted by molar-refractivity contribution is -0.148. The number of esters is 1. The van der Waals surface area contributed by atoms with Crippen LogP contribution in [-0.2, 0) is 9.53 Å². The molecular weight excluding hydrogens is 236 g/mol. The maximum absolute atomic E-state index is 11.3. The van der Waals surface area contributed by atoms with Crippen LogP contribution in [0.25, 0.3) is 6.08 Å². The van der Waals surface area contributed by atoms with Crippen LogP contribution < -0.4 is 0 Å². The number of carbonyl (C=O) groups is 1. The number of rotatable bonds is 2. The topological polar surface area (TPSA) is 26.3 Å². The Morgan fingerprint density at radius 1 is 1.29 bits per heavy atom. The molecule has 0 unspecified atom stereocenters. The van der Waals surface area contributed by atoms with E-state index in [0.29, 0.717) is 5.02 Å². The maximum Gasteiger partial charge on any atom is 0.339 e. The quantitative estimate of drug-likeness (QED) is 0.453. The molecule has 0 saturated carbocycles. The lowest BCUT2D eigenvalue weighted by Gasteiger charge is -2.17. The normalized spacial score (nSPS) is 10.4. The van der Waals surface area contributed by atoms with Crippen molar-refractivity contribution >= 4 is 23.6 Å². The third kappa shape index (κ3) is 5.96. The van der Waals surface area contributed by atoms with E-state index in [4.69, 9.17) is 16.3 Å². The summed E-state index contributed by atoms with van der Waals surface area (Å²) in [6.07, 6.45) is 2.97. The van der Waals surface area contributed by atoms with E-state index in [1.54, 1.807) is 18.2 Å². The Labute approximate surface area is 107 Å². The Hall–Kier alpha value is -1.50. The van der Waals surface area contributed by atoms with Gasteiger partial charge < -0.3 is 4.74 Å². The molecule has 17 heavy (non-hydrogen) atoms. The van der Waals surface area contributed by atoms with Crippen LogP contribution in [0.2, 0.25) is 5.02 Å². The highest BCUT2D eigenvalue weighted by Gasteiger charge is 2.13. The van der Waals surface area contributed by atoms with Crippen molar-refractivity contribution in [2.75, 3.05) is 0 Å². The fourth-order valence-electron chi connectivity index (χ4n) is 1.10. The smallest absolute Gasteiger partial charge is 0.339 e. The number of carbonyl (C=O) groups excluding carboxylic acids is 1. The molecule has 90 valence electrons. The van der Waals surface area contributed by atoms with Gasteiger partial charge in [0, 0.05) is 5.02 Å². The number of hydrogen-bond donors (Lipinski definition) is 0. The Morgan fingerprint density at radius 2 is 1.88 bits per heavy atom. The third-order valence-electron chi connectivity index (χ3n) is 1.73. The first kappa shape index (κ1) is 13.6. The third-order valence-corrected chi connectivity index (χ3v) is 1.98. The van der Waals surface area contributed by atoms with Crippen molar-refractivity contribution in [2.45, 2.75) is 26.4 Å². The summed E-state index contributed by atoms with van der Waals surface area (Å²) >= 11 is 5.75. The van der Waals surface area contributed by atoms with Gasteiger partial charge in [-0.05, 0) is 44.5 Å². The molecule has 0 bridgehead atoms. The van der Waals surface area contributed by atoms with Gasteiger partial charge in [-0.25, -0.2) is 4.79 Å². The minimum absolute atomic E-state index is 0.400. The first-order valence-electron chi connectivity index (χ1n) is 5.28. The zero-order chi connectivity index (χ0) is 12.9. The highest BCUT2D eigenvalue weighted by atomic mass is 35.5. The lowest BCUT2D eigenvalue weighted by atomic mass is 10.2. The molecule has 0 aliphatic carbocycles. The number of benzene rings is 1. The number of ether oxygens (including phenoxy) is 1. The van der Waals surface area contributed by atoms with Crippen molar-refractivity contribution < 1.29 is 9.53 Å². The first-order valence-corrected chi connectivity index (χ1v) is 5.66. The molecule has 0 fully saturated rings. The Kier molecular flexibility index (Phi) is 4.56. The molecule has 2 nitrogen and oxygen atoms in total. The van der Waals surface area contributed by atoms with Gasteiger partial charge in [0.05, 0.1) is 6.08 Å². The van der Waals surface area contributed by atoms with E-state index in [0.717, 1.165) is 5.56 Å². The van der Waals surface area contributed by atoms with E-state index < -0.39 is 11.6 Å². The molecule has 0 saturated heterocycles. The number of hydrogen-bond acceptors (Lipinski definition) is 2. The molecule has 0 heterocycles. The van der Waals surface area contributed by atoms with Crippen molar-refractivity contribution in [3.05, 3.63) is 46.7 Å². The minimum atomic E-state index is -0.477. The Morgan fingerprint density at radius 3 is 2.41 bits per heavy atom. The van der Waals surface area contributed by atoms with Crippen LogP contribution in [-0.4, -0.2) is 11.6 Å². The van der Waals surface area contributed by atoms with Crippen LogP contribution in [0.3, 0.4) is 0 Å². The van der Waals surface area contributed by atoms with Gasteiger partial charge in [-0.2, -0.15) is 0 Å². The maximum atomic E-state index is 11.3. The molecule has 0 spiro atoms. The van der Waals surface area contributed by atoms with E-state index in [1.165, 1.54) is 6.08 Å². The second kappa shape index (κ2) is 5.72. The summed E-state index contributed by atoms with van der Waals surface area (Å²) in [6.45, 7) is 5.46. The van der Waals surface area contributed by atoms with Gasteiger partial charge in [-0.1, -0.05) is 23.7 Å². The van der Waals surface area contributed by atoms with E-state index >= 15 is 0 Å². The first-order chi connectivity index (χ1) is 7.87. The van der Waals surface area contributed by atoms with Gasteiger partial charge in [0.2, 0.25) is 0 Å². The van der Waals surface area contributed by atoms with Crippen LogP contribution in [0.5, 0.6) is 0 Å². The average molecular weight is 251 g/mol. The van der Waals surface area contributed by atoms with Crippen LogP contribution in [0.4, 0.5) is 0 Å². The molecule has 0 aliphatic rings. The van der Waals surface area contributed by atoms with Crippen LogP contribution >= 0.6 is 11.6 Å². The molecule has 0 aliphatic heterocycles. The lowest BCUT2D eigenvalue weighted by Crippen LogP contribution is -2.22.